The lowest BCUT2D eigenvalue weighted by Crippen LogP contribution is -2.50. The number of hydrogen-bond donors (Lipinski definition) is 0. The van der Waals surface area contributed by atoms with Gasteiger partial charge in [-0.25, -0.2) is 8.42 Å². The van der Waals surface area contributed by atoms with E-state index in [1.54, 1.807) is 52.7 Å². The summed E-state index contributed by atoms with van der Waals surface area (Å²) in [6, 6.07) is 8.37. The van der Waals surface area contributed by atoms with Crippen LogP contribution in [0.15, 0.2) is 52.1 Å². The average molecular weight is 407 g/mol. The highest BCUT2D eigenvalue weighted by Gasteiger charge is 2.29. The van der Waals surface area contributed by atoms with Gasteiger partial charge in [0.25, 0.3) is 0 Å². The highest BCUT2D eigenvalue weighted by Crippen LogP contribution is 2.21. The normalized spacial score (nSPS) is 16.0. The lowest BCUT2D eigenvalue weighted by molar-refractivity contribution is -0.127. The number of thiophene rings is 1. The van der Waals surface area contributed by atoms with E-state index in [0.29, 0.717) is 25.4 Å². The maximum absolute atomic E-state index is 12.8. The minimum absolute atomic E-state index is 0.0979. The van der Waals surface area contributed by atoms with Crippen molar-refractivity contribution in [2.45, 2.75) is 11.8 Å². The molecule has 6 nitrogen and oxygen atoms in total. The number of nitrogens with zero attached hydrogens (tertiary/aromatic N) is 2. The molecule has 3 rings (SSSR count). The van der Waals surface area contributed by atoms with Crippen molar-refractivity contribution in [1.82, 2.24) is 9.21 Å². The molecule has 0 bridgehead atoms. The van der Waals surface area contributed by atoms with Crippen LogP contribution in [0.4, 0.5) is 0 Å². The Labute approximate surface area is 163 Å². The summed E-state index contributed by atoms with van der Waals surface area (Å²) in [6.07, 6.45) is 3.32. The molecule has 0 atom stereocenters. The van der Waals surface area contributed by atoms with Gasteiger partial charge in [0.2, 0.25) is 15.9 Å². The maximum atomic E-state index is 12.8. The summed E-state index contributed by atoms with van der Waals surface area (Å²) >= 11 is 1.57. The van der Waals surface area contributed by atoms with Gasteiger partial charge >= 0.3 is 0 Å². The van der Waals surface area contributed by atoms with Crippen molar-refractivity contribution in [2.75, 3.05) is 32.8 Å². The van der Waals surface area contributed by atoms with Gasteiger partial charge in [-0.1, -0.05) is 0 Å². The third kappa shape index (κ3) is 4.77. The largest absolute Gasteiger partial charge is 0.494 e. The molecular weight excluding hydrogens is 384 g/mol. The van der Waals surface area contributed by atoms with E-state index in [1.165, 1.54) is 4.31 Å². The van der Waals surface area contributed by atoms with Crippen LogP contribution in [0.3, 0.4) is 0 Å². The Morgan fingerprint density at radius 1 is 1.15 bits per heavy atom. The Hall–Kier alpha value is -2.16. The van der Waals surface area contributed by atoms with Crippen LogP contribution in [0, 0.1) is 0 Å². The van der Waals surface area contributed by atoms with Gasteiger partial charge in [0, 0.05) is 32.3 Å². The molecule has 27 heavy (non-hydrogen) atoms. The molecule has 0 radical (unpaired) electrons. The topological polar surface area (TPSA) is 66.9 Å². The Morgan fingerprint density at radius 2 is 1.85 bits per heavy atom. The minimum Gasteiger partial charge on any atom is -0.494 e. The zero-order valence-corrected chi connectivity index (χ0v) is 16.7. The van der Waals surface area contributed by atoms with Crippen LogP contribution in [0.25, 0.3) is 6.08 Å². The first-order valence-electron chi connectivity index (χ1n) is 8.73. The molecule has 1 aliphatic heterocycles. The Bertz CT molecular complexity index is 882. The van der Waals surface area contributed by atoms with E-state index in [0.717, 1.165) is 5.56 Å². The molecule has 1 fully saturated rings. The van der Waals surface area contributed by atoms with Gasteiger partial charge in [-0.3, -0.25) is 4.79 Å². The van der Waals surface area contributed by atoms with Crippen molar-refractivity contribution >= 4 is 33.3 Å². The van der Waals surface area contributed by atoms with Crippen molar-refractivity contribution in [3.05, 3.63) is 52.7 Å². The van der Waals surface area contributed by atoms with Crippen molar-refractivity contribution in [1.29, 1.82) is 0 Å². The van der Waals surface area contributed by atoms with Crippen LogP contribution >= 0.6 is 11.3 Å². The number of benzene rings is 1. The van der Waals surface area contributed by atoms with Gasteiger partial charge in [0.1, 0.15) is 5.75 Å². The van der Waals surface area contributed by atoms with Gasteiger partial charge < -0.3 is 9.64 Å². The highest BCUT2D eigenvalue weighted by molar-refractivity contribution is 7.89. The van der Waals surface area contributed by atoms with Crippen LogP contribution in [0.2, 0.25) is 0 Å². The van der Waals surface area contributed by atoms with Gasteiger partial charge in [0.15, 0.2) is 0 Å². The first-order valence-corrected chi connectivity index (χ1v) is 11.1. The summed E-state index contributed by atoms with van der Waals surface area (Å²) in [6.45, 7) is 3.73. The molecule has 144 valence electrons. The second-order valence-electron chi connectivity index (χ2n) is 6.02. The first-order chi connectivity index (χ1) is 13.0. The number of rotatable bonds is 6. The van der Waals surface area contributed by atoms with E-state index in [1.807, 2.05) is 23.8 Å². The first kappa shape index (κ1) is 19.6. The van der Waals surface area contributed by atoms with Crippen molar-refractivity contribution in [2.24, 2.45) is 0 Å². The molecule has 1 aliphatic rings. The Kier molecular flexibility index (Phi) is 6.30. The summed E-state index contributed by atoms with van der Waals surface area (Å²) in [5, 5.41) is 3.92. The average Bonchev–Trinajstić information content (AvgIpc) is 3.20. The summed E-state index contributed by atoms with van der Waals surface area (Å²) in [7, 11) is -3.57. The monoisotopic (exact) mass is 406 g/mol. The zero-order chi connectivity index (χ0) is 19.3. The number of carbonyl (C=O) groups excluding carboxylic acids is 1. The number of hydrogen-bond acceptors (Lipinski definition) is 5. The van der Waals surface area contributed by atoms with E-state index in [-0.39, 0.29) is 23.9 Å². The van der Waals surface area contributed by atoms with E-state index in [9.17, 15) is 13.2 Å². The van der Waals surface area contributed by atoms with Gasteiger partial charge in [-0.15, -0.1) is 0 Å². The molecule has 0 unspecified atom stereocenters. The van der Waals surface area contributed by atoms with E-state index in [4.69, 9.17) is 4.74 Å². The van der Waals surface area contributed by atoms with Crippen molar-refractivity contribution < 1.29 is 17.9 Å². The number of ether oxygens (including phenoxy) is 1. The van der Waals surface area contributed by atoms with Crippen LogP contribution in [-0.4, -0.2) is 56.3 Å². The summed E-state index contributed by atoms with van der Waals surface area (Å²) < 4.78 is 32.3. The second kappa shape index (κ2) is 8.69. The molecule has 0 N–H and O–H groups in total. The Balaban J connectivity index is 1.59. The van der Waals surface area contributed by atoms with E-state index in [2.05, 4.69) is 0 Å². The standard InChI is InChI=1S/C19H22N2O4S2/c1-2-25-17-4-6-18(7-5-17)27(23,24)21-12-10-20(11-13-21)19(22)8-3-16-9-14-26-15-16/h3-9,14-15H,2,10-13H2,1H3/b8-3+. The fourth-order valence-corrected chi connectivity index (χ4v) is 4.87. The number of piperazine rings is 1. The molecule has 2 aromatic rings. The quantitative estimate of drug-likeness (QED) is 0.692. The third-order valence-corrected chi connectivity index (χ3v) is 6.90. The lowest BCUT2D eigenvalue weighted by Gasteiger charge is -2.33. The second-order valence-corrected chi connectivity index (χ2v) is 8.74. The smallest absolute Gasteiger partial charge is 0.246 e. The lowest BCUT2D eigenvalue weighted by atomic mass is 10.3. The molecule has 1 aromatic heterocycles. The summed E-state index contributed by atoms with van der Waals surface area (Å²) in [5.74, 6) is 0.545. The molecule has 1 amide bonds. The molecule has 2 heterocycles. The van der Waals surface area contributed by atoms with E-state index >= 15 is 0 Å². The van der Waals surface area contributed by atoms with Crippen LogP contribution in [0.5, 0.6) is 5.75 Å². The predicted molar refractivity (Wildman–Crippen MR) is 106 cm³/mol. The van der Waals surface area contributed by atoms with Gasteiger partial charge in [-0.05, 0) is 59.7 Å². The van der Waals surface area contributed by atoms with Crippen LogP contribution in [0.1, 0.15) is 12.5 Å². The molecule has 0 spiro atoms. The fraction of sp³-hybridized carbons (Fsp3) is 0.316. The van der Waals surface area contributed by atoms with E-state index < -0.39 is 10.0 Å². The SMILES string of the molecule is CCOc1ccc(S(=O)(=O)N2CCN(C(=O)/C=C/c3ccsc3)CC2)cc1. The number of sulfonamides is 1. The molecule has 0 saturated carbocycles. The van der Waals surface area contributed by atoms with Crippen LogP contribution in [-0.2, 0) is 14.8 Å². The molecular formula is C19H22N2O4S2. The summed E-state index contributed by atoms with van der Waals surface area (Å²) in [5.41, 5.74) is 0.991. The highest BCUT2D eigenvalue weighted by atomic mass is 32.2. The fourth-order valence-electron chi connectivity index (χ4n) is 2.82. The maximum Gasteiger partial charge on any atom is 0.246 e. The molecule has 0 aliphatic carbocycles. The number of amides is 1. The third-order valence-electron chi connectivity index (χ3n) is 4.28. The van der Waals surface area contributed by atoms with Crippen molar-refractivity contribution in [3.63, 3.8) is 0 Å². The van der Waals surface area contributed by atoms with Gasteiger partial charge in [-0.2, -0.15) is 15.6 Å². The van der Waals surface area contributed by atoms with Crippen molar-refractivity contribution in [3.8, 4) is 5.75 Å². The predicted octanol–water partition coefficient (Wildman–Crippen LogP) is 2.69. The number of carbonyl (C=O) groups is 1. The molecule has 1 aromatic carbocycles. The zero-order valence-electron chi connectivity index (χ0n) is 15.1. The van der Waals surface area contributed by atoms with Gasteiger partial charge in [0.05, 0.1) is 11.5 Å². The summed E-state index contributed by atoms with van der Waals surface area (Å²) in [4.78, 5) is 14.2. The minimum atomic E-state index is -3.57. The Morgan fingerprint density at radius 3 is 2.44 bits per heavy atom. The molecule has 1 saturated heterocycles. The molecule has 8 heteroatoms. The van der Waals surface area contributed by atoms with Crippen LogP contribution < -0.4 is 4.74 Å².